The van der Waals surface area contributed by atoms with Crippen LogP contribution in [0, 0.1) is 11.7 Å². The van der Waals surface area contributed by atoms with E-state index < -0.39 is 0 Å². The zero-order chi connectivity index (χ0) is 16.1. The standard InChI is InChI=1S/C17H18N4OS/c1-13-6-8-14(9-7-13)11-22-16-5-3-2-4-15(16)10-19-21-12-18-20-17(21)23/h2-9,12,19H,10-11H2,1H3,(H,20,23). The number of aryl methyl sites for hydroxylation is 1. The third kappa shape index (κ3) is 3.98. The van der Waals surface area contributed by atoms with E-state index in [0.29, 0.717) is 17.9 Å². The van der Waals surface area contributed by atoms with Gasteiger partial charge in [0.15, 0.2) is 0 Å². The van der Waals surface area contributed by atoms with Gasteiger partial charge >= 0.3 is 0 Å². The summed E-state index contributed by atoms with van der Waals surface area (Å²) in [7, 11) is 0. The lowest BCUT2D eigenvalue weighted by Crippen LogP contribution is -2.14. The number of H-pyrrole nitrogens is 1. The molecule has 3 rings (SSSR count). The molecule has 118 valence electrons. The number of rotatable bonds is 6. The van der Waals surface area contributed by atoms with E-state index in [1.165, 1.54) is 5.56 Å². The minimum atomic E-state index is 0.531. The van der Waals surface area contributed by atoms with Gasteiger partial charge in [-0.15, -0.1) is 0 Å². The van der Waals surface area contributed by atoms with E-state index in [4.69, 9.17) is 17.0 Å². The van der Waals surface area contributed by atoms with E-state index >= 15 is 0 Å². The summed E-state index contributed by atoms with van der Waals surface area (Å²) < 4.78 is 8.17. The molecule has 5 nitrogen and oxygen atoms in total. The number of para-hydroxylation sites is 1. The van der Waals surface area contributed by atoms with Crippen LogP contribution in [0.15, 0.2) is 54.9 Å². The van der Waals surface area contributed by atoms with Gasteiger partial charge in [0.1, 0.15) is 18.7 Å². The molecule has 0 bridgehead atoms. The van der Waals surface area contributed by atoms with Crippen molar-refractivity contribution >= 4 is 12.2 Å². The molecule has 1 heterocycles. The van der Waals surface area contributed by atoms with Gasteiger partial charge in [-0.2, -0.15) is 5.10 Å². The molecular weight excluding hydrogens is 308 g/mol. The molecule has 0 atom stereocenters. The zero-order valence-electron chi connectivity index (χ0n) is 12.8. The number of benzene rings is 2. The highest BCUT2D eigenvalue weighted by molar-refractivity contribution is 7.71. The quantitative estimate of drug-likeness (QED) is 0.680. The average Bonchev–Trinajstić information content (AvgIpc) is 2.98. The van der Waals surface area contributed by atoms with Crippen LogP contribution in [0.3, 0.4) is 0 Å². The van der Waals surface area contributed by atoms with Crippen molar-refractivity contribution in [2.75, 3.05) is 5.43 Å². The molecule has 0 spiro atoms. The van der Waals surface area contributed by atoms with Gasteiger partial charge in [-0.05, 0) is 30.8 Å². The maximum Gasteiger partial charge on any atom is 0.214 e. The molecule has 0 fully saturated rings. The number of nitrogens with zero attached hydrogens (tertiary/aromatic N) is 2. The predicted molar refractivity (Wildman–Crippen MR) is 92.4 cm³/mol. The molecule has 6 heteroatoms. The van der Waals surface area contributed by atoms with Crippen LogP contribution in [0.25, 0.3) is 0 Å². The number of hydrogen-bond donors (Lipinski definition) is 2. The highest BCUT2D eigenvalue weighted by Gasteiger charge is 2.04. The second-order valence-corrected chi connectivity index (χ2v) is 5.64. The van der Waals surface area contributed by atoms with Crippen LogP contribution >= 0.6 is 12.2 Å². The summed E-state index contributed by atoms with van der Waals surface area (Å²) in [4.78, 5) is 0. The number of aromatic amines is 1. The topological polar surface area (TPSA) is 54.9 Å². The molecule has 0 radical (unpaired) electrons. The van der Waals surface area contributed by atoms with Crippen LogP contribution in [0.5, 0.6) is 5.75 Å². The Labute approximate surface area is 139 Å². The fourth-order valence-corrected chi connectivity index (χ4v) is 2.33. The molecule has 0 saturated carbocycles. The predicted octanol–water partition coefficient (Wildman–Crippen LogP) is 3.57. The molecular formula is C17H18N4OS. The molecule has 3 aromatic rings. The van der Waals surface area contributed by atoms with Gasteiger partial charge in [-0.3, -0.25) is 5.10 Å². The van der Waals surface area contributed by atoms with Crippen molar-refractivity contribution in [2.24, 2.45) is 0 Å². The maximum atomic E-state index is 5.96. The summed E-state index contributed by atoms with van der Waals surface area (Å²) in [5.41, 5.74) is 6.65. The first kappa shape index (κ1) is 15.3. The first-order valence-corrected chi connectivity index (χ1v) is 7.75. The van der Waals surface area contributed by atoms with Crippen LogP contribution in [-0.2, 0) is 13.2 Å². The third-order valence-corrected chi connectivity index (χ3v) is 3.77. The largest absolute Gasteiger partial charge is 0.489 e. The Morgan fingerprint density at radius 2 is 1.96 bits per heavy atom. The molecule has 0 amide bonds. The van der Waals surface area contributed by atoms with Gasteiger partial charge < -0.3 is 10.2 Å². The summed E-state index contributed by atoms with van der Waals surface area (Å²) in [5, 5.41) is 6.58. The molecule has 0 aliphatic heterocycles. The van der Waals surface area contributed by atoms with Crippen molar-refractivity contribution in [2.45, 2.75) is 20.1 Å². The lowest BCUT2D eigenvalue weighted by Gasteiger charge is -2.13. The lowest BCUT2D eigenvalue weighted by molar-refractivity contribution is 0.303. The minimum Gasteiger partial charge on any atom is -0.489 e. The molecule has 2 N–H and O–H groups in total. The maximum absolute atomic E-state index is 5.96. The van der Waals surface area contributed by atoms with Crippen molar-refractivity contribution in [1.29, 1.82) is 0 Å². The summed E-state index contributed by atoms with van der Waals surface area (Å²) >= 11 is 5.11. The number of ether oxygens (including phenoxy) is 1. The second kappa shape index (κ2) is 7.11. The molecule has 0 aliphatic carbocycles. The van der Waals surface area contributed by atoms with E-state index in [9.17, 15) is 0 Å². The Hall–Kier alpha value is -2.60. The van der Waals surface area contributed by atoms with Crippen molar-refractivity contribution in [3.8, 4) is 5.75 Å². The normalized spacial score (nSPS) is 10.5. The van der Waals surface area contributed by atoms with Gasteiger partial charge in [-0.1, -0.05) is 48.0 Å². The van der Waals surface area contributed by atoms with Gasteiger partial charge in [0.05, 0.1) is 6.54 Å². The third-order valence-electron chi connectivity index (χ3n) is 3.48. The molecule has 23 heavy (non-hydrogen) atoms. The van der Waals surface area contributed by atoms with Gasteiger partial charge in [-0.25, -0.2) is 4.68 Å². The van der Waals surface area contributed by atoms with E-state index in [-0.39, 0.29) is 0 Å². The van der Waals surface area contributed by atoms with Crippen LogP contribution in [0.2, 0.25) is 0 Å². The van der Waals surface area contributed by atoms with E-state index in [0.717, 1.165) is 16.9 Å². The van der Waals surface area contributed by atoms with Crippen LogP contribution in [-0.4, -0.2) is 14.9 Å². The van der Waals surface area contributed by atoms with Crippen molar-refractivity contribution < 1.29 is 4.74 Å². The van der Waals surface area contributed by atoms with E-state index in [2.05, 4.69) is 46.8 Å². The molecule has 0 saturated heterocycles. The Kier molecular flexibility index (Phi) is 4.73. The fraction of sp³-hybridized carbons (Fsp3) is 0.176. The smallest absolute Gasteiger partial charge is 0.214 e. The Bertz CT molecular complexity index is 823. The van der Waals surface area contributed by atoms with Crippen LogP contribution in [0.1, 0.15) is 16.7 Å². The summed E-state index contributed by atoms with van der Waals surface area (Å²) in [6.45, 7) is 3.22. The van der Waals surface area contributed by atoms with Gasteiger partial charge in [0.25, 0.3) is 0 Å². The van der Waals surface area contributed by atoms with Gasteiger partial charge in [0.2, 0.25) is 4.77 Å². The van der Waals surface area contributed by atoms with Crippen molar-refractivity contribution in [3.05, 3.63) is 76.3 Å². The van der Waals surface area contributed by atoms with E-state index in [1.54, 1.807) is 11.0 Å². The Balaban J connectivity index is 1.66. The van der Waals surface area contributed by atoms with E-state index in [1.807, 2.05) is 24.3 Å². The summed E-state index contributed by atoms with van der Waals surface area (Å²) in [5.74, 6) is 0.857. The SMILES string of the molecule is Cc1ccc(COc2ccccc2CNn2cn[nH]c2=S)cc1. The second-order valence-electron chi connectivity index (χ2n) is 5.25. The van der Waals surface area contributed by atoms with Crippen molar-refractivity contribution in [1.82, 2.24) is 14.9 Å². The first-order chi connectivity index (χ1) is 11.2. The molecule has 2 aromatic carbocycles. The zero-order valence-corrected chi connectivity index (χ0v) is 13.6. The van der Waals surface area contributed by atoms with Gasteiger partial charge in [0, 0.05) is 5.56 Å². The number of aromatic nitrogens is 3. The lowest BCUT2D eigenvalue weighted by atomic mass is 10.1. The summed E-state index contributed by atoms with van der Waals surface area (Å²) in [6.07, 6.45) is 1.61. The minimum absolute atomic E-state index is 0.531. The fourth-order valence-electron chi connectivity index (χ4n) is 2.17. The van der Waals surface area contributed by atoms with Crippen molar-refractivity contribution in [3.63, 3.8) is 0 Å². The number of nitrogens with one attached hydrogen (secondary N) is 2. The highest BCUT2D eigenvalue weighted by atomic mass is 32.1. The molecule has 0 aliphatic rings. The monoisotopic (exact) mass is 326 g/mol. The highest BCUT2D eigenvalue weighted by Crippen LogP contribution is 2.19. The Morgan fingerprint density at radius 1 is 1.17 bits per heavy atom. The average molecular weight is 326 g/mol. The first-order valence-electron chi connectivity index (χ1n) is 7.34. The van der Waals surface area contributed by atoms with Crippen LogP contribution in [0.4, 0.5) is 0 Å². The molecule has 1 aromatic heterocycles. The summed E-state index contributed by atoms with van der Waals surface area (Å²) in [6, 6.07) is 16.3. The Morgan fingerprint density at radius 3 is 2.70 bits per heavy atom. The number of hydrogen-bond acceptors (Lipinski definition) is 4. The van der Waals surface area contributed by atoms with Crippen LogP contribution < -0.4 is 10.2 Å². The molecule has 0 unspecified atom stereocenters.